The lowest BCUT2D eigenvalue weighted by Crippen LogP contribution is -2.49. The van der Waals surface area contributed by atoms with Crippen molar-refractivity contribution in [1.82, 2.24) is 9.21 Å². The largest absolute Gasteiger partial charge is 0.293 e. The van der Waals surface area contributed by atoms with Crippen LogP contribution in [0.2, 0.25) is 5.02 Å². The Morgan fingerprint density at radius 3 is 2.12 bits per heavy atom. The van der Waals surface area contributed by atoms with Crippen molar-refractivity contribution in [2.45, 2.75) is 4.90 Å². The number of carbonyl (C=O) groups excluding carboxylic acids is 1. The summed E-state index contributed by atoms with van der Waals surface area (Å²) in [7, 11) is -3.52. The lowest BCUT2D eigenvalue weighted by Gasteiger charge is -2.33. The molecular formula is C18H19ClN2O3S. The lowest BCUT2D eigenvalue weighted by molar-refractivity contribution is 0.0901. The van der Waals surface area contributed by atoms with Crippen LogP contribution in [0.5, 0.6) is 0 Å². The molecule has 2 aromatic carbocycles. The van der Waals surface area contributed by atoms with Crippen molar-refractivity contribution in [1.29, 1.82) is 0 Å². The van der Waals surface area contributed by atoms with Crippen molar-refractivity contribution in [2.75, 3.05) is 32.7 Å². The molecule has 1 heterocycles. The van der Waals surface area contributed by atoms with Gasteiger partial charge in [0.2, 0.25) is 10.0 Å². The molecule has 0 aromatic heterocycles. The van der Waals surface area contributed by atoms with Crippen LogP contribution in [-0.4, -0.2) is 56.1 Å². The molecule has 3 rings (SSSR count). The third-order valence-corrected chi connectivity index (χ3v) is 6.41. The average molecular weight is 379 g/mol. The van der Waals surface area contributed by atoms with Crippen molar-refractivity contribution in [3.05, 3.63) is 65.2 Å². The van der Waals surface area contributed by atoms with Crippen LogP contribution < -0.4 is 0 Å². The zero-order valence-electron chi connectivity index (χ0n) is 13.6. The minimum atomic E-state index is -3.52. The number of sulfonamides is 1. The van der Waals surface area contributed by atoms with Gasteiger partial charge in [0.05, 0.1) is 11.4 Å². The Balaban J connectivity index is 1.60. The second-order valence-corrected chi connectivity index (χ2v) is 8.30. The van der Waals surface area contributed by atoms with E-state index in [2.05, 4.69) is 0 Å². The van der Waals surface area contributed by atoms with E-state index in [0.29, 0.717) is 43.3 Å². The predicted octanol–water partition coefficient (Wildman–Crippen LogP) is 2.53. The van der Waals surface area contributed by atoms with Crippen molar-refractivity contribution >= 4 is 27.4 Å². The van der Waals surface area contributed by atoms with Crippen molar-refractivity contribution in [2.24, 2.45) is 0 Å². The molecule has 0 radical (unpaired) electrons. The minimum Gasteiger partial charge on any atom is -0.293 e. The first kappa shape index (κ1) is 18.1. The summed E-state index contributed by atoms with van der Waals surface area (Å²) in [4.78, 5) is 14.5. The molecule has 0 unspecified atom stereocenters. The summed E-state index contributed by atoms with van der Waals surface area (Å²) in [6.07, 6.45) is 0. The summed E-state index contributed by atoms with van der Waals surface area (Å²) in [5.41, 5.74) is 0.679. The molecule has 1 aliphatic rings. The molecule has 0 amide bonds. The molecule has 1 aliphatic heterocycles. The number of halogens is 1. The highest BCUT2D eigenvalue weighted by molar-refractivity contribution is 7.89. The Morgan fingerprint density at radius 1 is 0.920 bits per heavy atom. The molecule has 0 N–H and O–H groups in total. The van der Waals surface area contributed by atoms with E-state index in [0.717, 1.165) is 0 Å². The van der Waals surface area contributed by atoms with Crippen molar-refractivity contribution < 1.29 is 13.2 Å². The van der Waals surface area contributed by atoms with Gasteiger partial charge in [0.1, 0.15) is 0 Å². The van der Waals surface area contributed by atoms with Crippen LogP contribution in [0.4, 0.5) is 0 Å². The fraction of sp³-hybridized carbons (Fsp3) is 0.278. The third-order valence-electron chi connectivity index (χ3n) is 4.25. The molecule has 1 fully saturated rings. The first-order valence-corrected chi connectivity index (χ1v) is 9.85. The van der Waals surface area contributed by atoms with Crippen molar-refractivity contribution in [3.8, 4) is 0 Å². The highest BCUT2D eigenvalue weighted by Crippen LogP contribution is 2.20. The van der Waals surface area contributed by atoms with Gasteiger partial charge in [0.25, 0.3) is 0 Å². The number of carbonyl (C=O) groups is 1. The van der Waals surface area contributed by atoms with Crippen LogP contribution in [-0.2, 0) is 10.0 Å². The quantitative estimate of drug-likeness (QED) is 0.750. The maximum absolute atomic E-state index is 12.6. The van der Waals surface area contributed by atoms with Crippen LogP contribution in [0.3, 0.4) is 0 Å². The van der Waals surface area contributed by atoms with Crippen molar-refractivity contribution in [3.63, 3.8) is 0 Å². The number of nitrogens with zero attached hydrogens (tertiary/aromatic N) is 2. The molecule has 0 saturated carbocycles. The summed E-state index contributed by atoms with van der Waals surface area (Å²) in [5, 5.41) is 0.503. The number of benzene rings is 2. The number of piperazine rings is 1. The van der Waals surface area contributed by atoms with Gasteiger partial charge in [-0.1, -0.05) is 41.9 Å². The maximum atomic E-state index is 12.6. The van der Waals surface area contributed by atoms with E-state index >= 15 is 0 Å². The van der Waals surface area contributed by atoms with Crippen LogP contribution in [0.25, 0.3) is 0 Å². The molecule has 7 heteroatoms. The van der Waals surface area contributed by atoms with E-state index < -0.39 is 10.0 Å². The number of hydrogen-bond acceptors (Lipinski definition) is 4. The van der Waals surface area contributed by atoms with E-state index in [-0.39, 0.29) is 10.7 Å². The van der Waals surface area contributed by atoms with Gasteiger partial charge in [0.15, 0.2) is 5.78 Å². The van der Waals surface area contributed by atoms with Gasteiger partial charge in [-0.15, -0.1) is 0 Å². The molecule has 0 bridgehead atoms. The average Bonchev–Trinajstić information content (AvgIpc) is 2.63. The van der Waals surface area contributed by atoms with Gasteiger partial charge in [-0.25, -0.2) is 8.42 Å². The Kier molecular flexibility index (Phi) is 5.54. The molecule has 1 saturated heterocycles. The highest BCUT2D eigenvalue weighted by Gasteiger charge is 2.29. The molecule has 0 atom stereocenters. The van der Waals surface area contributed by atoms with Gasteiger partial charge in [-0.3, -0.25) is 9.69 Å². The smallest absolute Gasteiger partial charge is 0.243 e. The van der Waals surface area contributed by atoms with Gasteiger partial charge < -0.3 is 0 Å². The molecule has 25 heavy (non-hydrogen) atoms. The molecule has 5 nitrogen and oxygen atoms in total. The highest BCUT2D eigenvalue weighted by atomic mass is 35.5. The van der Waals surface area contributed by atoms with Crippen LogP contribution in [0.1, 0.15) is 10.4 Å². The zero-order valence-corrected chi connectivity index (χ0v) is 15.2. The number of rotatable bonds is 5. The van der Waals surface area contributed by atoms with Crippen LogP contribution in [0.15, 0.2) is 59.5 Å². The number of hydrogen-bond donors (Lipinski definition) is 0. The predicted molar refractivity (Wildman–Crippen MR) is 97.4 cm³/mol. The van der Waals surface area contributed by atoms with E-state index in [1.807, 2.05) is 23.1 Å². The SMILES string of the molecule is O=C(CN1CCN(S(=O)(=O)c2ccc(Cl)cc2)CC1)c1ccccc1. The Bertz CT molecular complexity index is 830. The van der Waals surface area contributed by atoms with E-state index in [1.165, 1.54) is 16.4 Å². The topological polar surface area (TPSA) is 57.7 Å². The molecular weight excluding hydrogens is 360 g/mol. The van der Waals surface area contributed by atoms with Crippen LogP contribution >= 0.6 is 11.6 Å². The number of ketones is 1. The summed E-state index contributed by atoms with van der Waals surface area (Å²) in [6.45, 7) is 2.11. The maximum Gasteiger partial charge on any atom is 0.243 e. The van der Waals surface area contributed by atoms with Gasteiger partial charge in [-0.05, 0) is 24.3 Å². The molecule has 132 valence electrons. The van der Waals surface area contributed by atoms with Crippen LogP contribution in [0, 0.1) is 0 Å². The first-order valence-electron chi connectivity index (χ1n) is 8.03. The Labute approximate surface area is 152 Å². The second-order valence-electron chi connectivity index (χ2n) is 5.92. The fourth-order valence-electron chi connectivity index (χ4n) is 2.80. The molecule has 0 aliphatic carbocycles. The first-order chi connectivity index (χ1) is 12.0. The second kappa shape index (κ2) is 7.66. The monoisotopic (exact) mass is 378 g/mol. The normalized spacial score (nSPS) is 16.7. The summed E-state index contributed by atoms with van der Waals surface area (Å²) < 4.78 is 26.8. The van der Waals surface area contributed by atoms with Gasteiger partial charge >= 0.3 is 0 Å². The Morgan fingerprint density at radius 2 is 1.52 bits per heavy atom. The minimum absolute atomic E-state index is 0.0506. The zero-order chi connectivity index (χ0) is 17.9. The van der Waals surface area contributed by atoms with Gasteiger partial charge in [-0.2, -0.15) is 4.31 Å². The molecule has 0 spiro atoms. The van der Waals surface area contributed by atoms with Gasteiger partial charge in [0, 0.05) is 36.8 Å². The molecule has 2 aromatic rings. The third kappa shape index (κ3) is 4.27. The Hall–Kier alpha value is -1.73. The summed E-state index contributed by atoms with van der Waals surface area (Å²) in [5.74, 6) is 0.0506. The van der Waals surface area contributed by atoms with E-state index in [9.17, 15) is 13.2 Å². The standard InChI is InChI=1S/C18H19ClN2O3S/c19-16-6-8-17(9-7-16)25(23,24)21-12-10-20(11-13-21)14-18(22)15-4-2-1-3-5-15/h1-9H,10-14H2. The summed E-state index contributed by atoms with van der Waals surface area (Å²) >= 11 is 5.82. The number of Topliss-reactive ketones (excluding diaryl/α,β-unsaturated/α-hetero) is 1. The van der Waals surface area contributed by atoms with E-state index in [4.69, 9.17) is 11.6 Å². The fourth-order valence-corrected chi connectivity index (χ4v) is 4.35. The summed E-state index contributed by atoms with van der Waals surface area (Å²) in [6, 6.07) is 15.3. The van der Waals surface area contributed by atoms with E-state index in [1.54, 1.807) is 24.3 Å². The lowest BCUT2D eigenvalue weighted by atomic mass is 10.1.